The summed E-state index contributed by atoms with van der Waals surface area (Å²) in [7, 11) is 0. The summed E-state index contributed by atoms with van der Waals surface area (Å²) < 4.78 is 5.64. The number of benzene rings is 1. The summed E-state index contributed by atoms with van der Waals surface area (Å²) in [6.07, 6.45) is 1.74. The molecule has 0 fully saturated rings. The van der Waals surface area contributed by atoms with Crippen LogP contribution in [0.4, 0.5) is 5.69 Å². The van der Waals surface area contributed by atoms with E-state index in [0.717, 1.165) is 22.5 Å². The third kappa shape index (κ3) is 3.11. The maximum atomic E-state index is 6.03. The fraction of sp³-hybridized carbons (Fsp3) is 0.214. The Morgan fingerprint density at radius 3 is 2.74 bits per heavy atom. The number of anilines is 1. The van der Waals surface area contributed by atoms with Crippen molar-refractivity contribution in [2.24, 2.45) is 0 Å². The zero-order valence-electron chi connectivity index (χ0n) is 10.7. The molecule has 1 heterocycles. The first kappa shape index (κ1) is 14.0. The monoisotopic (exact) mass is 296 g/mol. The number of hydrogen-bond acceptors (Lipinski definition) is 3. The molecule has 0 saturated heterocycles. The van der Waals surface area contributed by atoms with Gasteiger partial charge in [-0.1, -0.05) is 23.2 Å². The number of halogens is 2. The van der Waals surface area contributed by atoms with Crippen LogP contribution in [0.1, 0.15) is 16.8 Å². The van der Waals surface area contributed by atoms with Crippen molar-refractivity contribution in [1.29, 1.82) is 0 Å². The molecule has 0 saturated carbocycles. The molecule has 2 rings (SSSR count). The fourth-order valence-electron chi connectivity index (χ4n) is 1.67. The molecule has 19 heavy (non-hydrogen) atoms. The largest absolute Gasteiger partial charge is 0.486 e. The average molecular weight is 297 g/mol. The normalized spacial score (nSPS) is 10.5. The molecule has 0 aliphatic rings. The number of nitrogens with two attached hydrogens (primary N) is 1. The van der Waals surface area contributed by atoms with Gasteiger partial charge in [0.2, 0.25) is 0 Å². The van der Waals surface area contributed by atoms with E-state index < -0.39 is 0 Å². The van der Waals surface area contributed by atoms with E-state index >= 15 is 0 Å². The minimum atomic E-state index is 0.302. The summed E-state index contributed by atoms with van der Waals surface area (Å²) in [5.41, 5.74) is 9.38. The standard InChI is InChI=1S/C14H14Cl2N2O/c1-8-6-18-12(9(2)14(8)17)7-19-13-5-10(15)3-4-11(13)16/h3-6H,7H2,1-2H3,(H2,17,18). The first-order valence-corrected chi connectivity index (χ1v) is 6.53. The lowest BCUT2D eigenvalue weighted by molar-refractivity contribution is 0.300. The van der Waals surface area contributed by atoms with E-state index in [9.17, 15) is 0 Å². The molecule has 0 aliphatic carbocycles. The lowest BCUT2D eigenvalue weighted by atomic mass is 10.1. The third-order valence-corrected chi connectivity index (χ3v) is 3.48. The van der Waals surface area contributed by atoms with Crippen LogP contribution in [-0.4, -0.2) is 4.98 Å². The molecule has 2 aromatic rings. The molecular formula is C14H14Cl2N2O. The Morgan fingerprint density at radius 2 is 2.00 bits per heavy atom. The topological polar surface area (TPSA) is 48.1 Å². The van der Waals surface area contributed by atoms with Crippen LogP contribution >= 0.6 is 23.2 Å². The zero-order chi connectivity index (χ0) is 14.0. The Balaban J connectivity index is 2.19. The van der Waals surface area contributed by atoms with Crippen molar-refractivity contribution in [1.82, 2.24) is 4.98 Å². The van der Waals surface area contributed by atoms with Crippen LogP contribution in [0.25, 0.3) is 0 Å². The van der Waals surface area contributed by atoms with Gasteiger partial charge < -0.3 is 10.5 Å². The molecule has 1 aromatic heterocycles. The second kappa shape index (κ2) is 5.68. The summed E-state index contributed by atoms with van der Waals surface area (Å²) in [6, 6.07) is 5.09. The van der Waals surface area contributed by atoms with Gasteiger partial charge in [0, 0.05) is 23.0 Å². The molecule has 0 amide bonds. The number of nitrogens with zero attached hydrogens (tertiary/aromatic N) is 1. The zero-order valence-corrected chi connectivity index (χ0v) is 12.2. The SMILES string of the molecule is Cc1cnc(COc2cc(Cl)ccc2Cl)c(C)c1N. The number of hydrogen-bond donors (Lipinski definition) is 1. The highest BCUT2D eigenvalue weighted by atomic mass is 35.5. The molecule has 0 spiro atoms. The Labute approximate surface area is 122 Å². The van der Waals surface area contributed by atoms with Gasteiger partial charge in [-0.25, -0.2) is 0 Å². The molecule has 0 atom stereocenters. The predicted octanol–water partition coefficient (Wildman–Crippen LogP) is 4.17. The Kier molecular flexibility index (Phi) is 4.17. The number of ether oxygens (including phenoxy) is 1. The van der Waals surface area contributed by atoms with Gasteiger partial charge in [0.15, 0.2) is 0 Å². The number of nitrogen functional groups attached to an aromatic ring is 1. The van der Waals surface area contributed by atoms with Crippen LogP contribution in [-0.2, 0) is 6.61 Å². The van der Waals surface area contributed by atoms with E-state index in [1.807, 2.05) is 13.8 Å². The lowest BCUT2D eigenvalue weighted by Gasteiger charge is -2.12. The molecule has 0 bridgehead atoms. The second-order valence-corrected chi connectivity index (χ2v) is 5.13. The molecule has 0 unspecified atom stereocenters. The van der Waals surface area contributed by atoms with Crippen LogP contribution in [0.5, 0.6) is 5.75 Å². The minimum absolute atomic E-state index is 0.302. The summed E-state index contributed by atoms with van der Waals surface area (Å²) in [5.74, 6) is 0.537. The quantitative estimate of drug-likeness (QED) is 0.925. The van der Waals surface area contributed by atoms with Gasteiger partial charge in [-0.2, -0.15) is 0 Å². The average Bonchev–Trinajstić information content (AvgIpc) is 2.39. The van der Waals surface area contributed by atoms with Crippen molar-refractivity contribution in [3.05, 3.63) is 51.3 Å². The van der Waals surface area contributed by atoms with Gasteiger partial charge in [0.25, 0.3) is 0 Å². The Hall–Kier alpha value is -1.45. The minimum Gasteiger partial charge on any atom is -0.486 e. The van der Waals surface area contributed by atoms with E-state index in [4.69, 9.17) is 33.7 Å². The van der Waals surface area contributed by atoms with Crippen LogP contribution in [0, 0.1) is 13.8 Å². The Morgan fingerprint density at radius 1 is 1.26 bits per heavy atom. The van der Waals surface area contributed by atoms with Crippen molar-refractivity contribution in [2.75, 3.05) is 5.73 Å². The number of aromatic nitrogens is 1. The fourth-order valence-corrected chi connectivity index (χ4v) is 2.01. The van der Waals surface area contributed by atoms with Gasteiger partial charge in [-0.05, 0) is 37.1 Å². The molecule has 0 radical (unpaired) electrons. The summed E-state index contributed by atoms with van der Waals surface area (Å²) in [6.45, 7) is 4.15. The number of pyridine rings is 1. The summed E-state index contributed by atoms with van der Waals surface area (Å²) in [5, 5.41) is 1.09. The van der Waals surface area contributed by atoms with Crippen LogP contribution in [0.2, 0.25) is 10.0 Å². The predicted molar refractivity (Wildman–Crippen MR) is 78.9 cm³/mol. The first-order chi connectivity index (χ1) is 8.99. The van der Waals surface area contributed by atoms with Gasteiger partial charge in [0.05, 0.1) is 10.7 Å². The smallest absolute Gasteiger partial charge is 0.139 e. The maximum absolute atomic E-state index is 6.03. The van der Waals surface area contributed by atoms with E-state index in [1.165, 1.54) is 0 Å². The Bertz CT molecular complexity index is 615. The molecule has 100 valence electrons. The molecule has 1 aromatic carbocycles. The summed E-state index contributed by atoms with van der Waals surface area (Å²) >= 11 is 11.9. The van der Waals surface area contributed by atoms with Crippen LogP contribution in [0.15, 0.2) is 24.4 Å². The van der Waals surface area contributed by atoms with Crippen molar-refractivity contribution in [3.63, 3.8) is 0 Å². The van der Waals surface area contributed by atoms with E-state index in [2.05, 4.69) is 4.98 Å². The van der Waals surface area contributed by atoms with Gasteiger partial charge in [-0.15, -0.1) is 0 Å². The van der Waals surface area contributed by atoms with Crippen molar-refractivity contribution in [2.45, 2.75) is 20.5 Å². The maximum Gasteiger partial charge on any atom is 0.139 e. The molecule has 3 nitrogen and oxygen atoms in total. The van der Waals surface area contributed by atoms with E-state index in [0.29, 0.717) is 22.4 Å². The van der Waals surface area contributed by atoms with E-state index in [1.54, 1.807) is 24.4 Å². The van der Waals surface area contributed by atoms with Crippen LogP contribution < -0.4 is 10.5 Å². The van der Waals surface area contributed by atoms with Crippen molar-refractivity contribution >= 4 is 28.9 Å². The highest BCUT2D eigenvalue weighted by Crippen LogP contribution is 2.29. The molecule has 0 aliphatic heterocycles. The highest BCUT2D eigenvalue weighted by Gasteiger charge is 2.08. The molecular weight excluding hydrogens is 283 g/mol. The van der Waals surface area contributed by atoms with E-state index in [-0.39, 0.29) is 0 Å². The molecule has 2 N–H and O–H groups in total. The van der Waals surface area contributed by atoms with Crippen LogP contribution in [0.3, 0.4) is 0 Å². The number of aryl methyl sites for hydroxylation is 1. The highest BCUT2D eigenvalue weighted by molar-refractivity contribution is 6.34. The lowest BCUT2D eigenvalue weighted by Crippen LogP contribution is -2.05. The van der Waals surface area contributed by atoms with Gasteiger partial charge >= 0.3 is 0 Å². The van der Waals surface area contributed by atoms with Crippen molar-refractivity contribution < 1.29 is 4.74 Å². The van der Waals surface area contributed by atoms with Gasteiger partial charge in [-0.3, -0.25) is 4.98 Å². The third-order valence-electron chi connectivity index (χ3n) is 2.93. The van der Waals surface area contributed by atoms with Crippen molar-refractivity contribution in [3.8, 4) is 5.75 Å². The summed E-state index contributed by atoms with van der Waals surface area (Å²) in [4.78, 5) is 4.32. The van der Waals surface area contributed by atoms with Gasteiger partial charge in [0.1, 0.15) is 12.4 Å². The molecule has 5 heteroatoms. The number of rotatable bonds is 3. The second-order valence-electron chi connectivity index (χ2n) is 4.29. The first-order valence-electron chi connectivity index (χ1n) is 5.77.